The topological polar surface area (TPSA) is 0 Å². The highest BCUT2D eigenvalue weighted by atomic mass is 79.9. The SMILES string of the molecule is CCCc1ccc(-c2cc(F)c(C(F)(F)Br)c(F)c2)cc1. The second-order valence-corrected chi connectivity index (χ2v) is 5.76. The lowest BCUT2D eigenvalue weighted by Crippen LogP contribution is -2.09. The van der Waals surface area contributed by atoms with Gasteiger partial charge in [-0.25, -0.2) is 8.78 Å². The molecule has 2 aromatic carbocycles. The maximum absolute atomic E-state index is 13.7. The molecule has 0 aliphatic carbocycles. The highest BCUT2D eigenvalue weighted by molar-refractivity contribution is 9.09. The van der Waals surface area contributed by atoms with Crippen molar-refractivity contribution in [1.82, 2.24) is 0 Å². The monoisotopic (exact) mass is 360 g/mol. The van der Waals surface area contributed by atoms with Gasteiger partial charge >= 0.3 is 4.83 Å². The standard InChI is InChI=1S/C16H13BrF4/c1-2-3-10-4-6-11(7-5-10)12-8-13(18)15(14(19)9-12)16(17,20)21/h4-9H,2-3H2,1H3. The van der Waals surface area contributed by atoms with Crippen molar-refractivity contribution in [3.63, 3.8) is 0 Å². The first-order valence-corrected chi connectivity index (χ1v) is 7.27. The largest absolute Gasteiger partial charge is 0.332 e. The Morgan fingerprint density at radius 1 is 0.952 bits per heavy atom. The van der Waals surface area contributed by atoms with Gasteiger partial charge in [-0.3, -0.25) is 0 Å². The fourth-order valence-electron chi connectivity index (χ4n) is 2.16. The molecule has 0 nitrogen and oxygen atoms in total. The van der Waals surface area contributed by atoms with Gasteiger partial charge < -0.3 is 0 Å². The summed E-state index contributed by atoms with van der Waals surface area (Å²) in [4.78, 5) is -3.73. The van der Waals surface area contributed by atoms with Crippen LogP contribution in [-0.4, -0.2) is 0 Å². The first-order valence-electron chi connectivity index (χ1n) is 6.48. The Morgan fingerprint density at radius 2 is 1.48 bits per heavy atom. The van der Waals surface area contributed by atoms with Crippen molar-refractivity contribution in [3.05, 3.63) is 59.2 Å². The van der Waals surface area contributed by atoms with E-state index in [0.29, 0.717) is 5.56 Å². The van der Waals surface area contributed by atoms with Gasteiger partial charge in [-0.15, -0.1) is 0 Å². The van der Waals surface area contributed by atoms with E-state index in [9.17, 15) is 17.6 Å². The quantitative estimate of drug-likeness (QED) is 0.461. The van der Waals surface area contributed by atoms with Gasteiger partial charge in [0, 0.05) is 0 Å². The normalized spacial score (nSPS) is 11.7. The second kappa shape index (κ2) is 6.18. The molecule has 0 amide bonds. The van der Waals surface area contributed by atoms with Gasteiger partial charge in [0.1, 0.15) is 17.2 Å². The van der Waals surface area contributed by atoms with Crippen LogP contribution in [0.4, 0.5) is 17.6 Å². The van der Waals surface area contributed by atoms with Crippen LogP contribution in [0.3, 0.4) is 0 Å². The fraction of sp³-hybridized carbons (Fsp3) is 0.250. The Hall–Kier alpha value is -1.36. The van der Waals surface area contributed by atoms with E-state index < -0.39 is 22.0 Å². The van der Waals surface area contributed by atoms with E-state index in [2.05, 4.69) is 6.92 Å². The first-order chi connectivity index (χ1) is 9.82. The molecule has 21 heavy (non-hydrogen) atoms. The molecule has 112 valence electrons. The van der Waals surface area contributed by atoms with Crippen LogP contribution < -0.4 is 0 Å². The predicted molar refractivity (Wildman–Crippen MR) is 78.6 cm³/mol. The Labute approximate surface area is 128 Å². The van der Waals surface area contributed by atoms with Crippen molar-refractivity contribution >= 4 is 15.9 Å². The van der Waals surface area contributed by atoms with Crippen LogP contribution in [0.25, 0.3) is 11.1 Å². The zero-order valence-electron chi connectivity index (χ0n) is 11.3. The third kappa shape index (κ3) is 3.64. The van der Waals surface area contributed by atoms with Crippen LogP contribution in [-0.2, 0) is 11.3 Å². The smallest absolute Gasteiger partial charge is 0.206 e. The van der Waals surface area contributed by atoms with Gasteiger partial charge in [0.25, 0.3) is 0 Å². The van der Waals surface area contributed by atoms with Crippen LogP contribution in [0.2, 0.25) is 0 Å². The Balaban J connectivity index is 2.42. The van der Waals surface area contributed by atoms with Gasteiger partial charge in [-0.2, -0.15) is 8.78 Å². The molecule has 0 N–H and O–H groups in total. The van der Waals surface area contributed by atoms with Crippen molar-refractivity contribution in [1.29, 1.82) is 0 Å². The molecule has 0 unspecified atom stereocenters. The summed E-state index contributed by atoms with van der Waals surface area (Å²) >= 11 is 1.98. The molecule has 0 aliphatic heterocycles. The van der Waals surface area contributed by atoms with E-state index in [-0.39, 0.29) is 5.56 Å². The highest BCUT2D eigenvalue weighted by Gasteiger charge is 2.34. The van der Waals surface area contributed by atoms with Gasteiger partial charge in [-0.1, -0.05) is 37.6 Å². The average Bonchev–Trinajstić information content (AvgIpc) is 2.37. The van der Waals surface area contributed by atoms with E-state index in [1.54, 1.807) is 12.1 Å². The summed E-state index contributed by atoms with van der Waals surface area (Å²) in [7, 11) is 0. The number of benzene rings is 2. The van der Waals surface area contributed by atoms with Crippen LogP contribution in [0.1, 0.15) is 24.5 Å². The Morgan fingerprint density at radius 3 is 1.90 bits per heavy atom. The summed E-state index contributed by atoms with van der Waals surface area (Å²) in [5, 5.41) is 0. The first kappa shape index (κ1) is 16.0. The molecule has 0 saturated heterocycles. The zero-order valence-corrected chi connectivity index (χ0v) is 12.9. The highest BCUT2D eigenvalue weighted by Crippen LogP contribution is 2.39. The lowest BCUT2D eigenvalue weighted by molar-refractivity contribution is 0.105. The number of hydrogen-bond donors (Lipinski definition) is 0. The zero-order chi connectivity index (χ0) is 15.6. The van der Waals surface area contributed by atoms with E-state index >= 15 is 0 Å². The van der Waals surface area contributed by atoms with E-state index in [1.165, 1.54) is 0 Å². The number of hydrogen-bond acceptors (Lipinski definition) is 0. The minimum atomic E-state index is -3.73. The molecule has 0 aliphatic rings. The number of halogens is 5. The number of rotatable bonds is 4. The molecule has 0 saturated carbocycles. The van der Waals surface area contributed by atoms with Crippen LogP contribution in [0, 0.1) is 11.6 Å². The molecule has 0 heterocycles. The van der Waals surface area contributed by atoms with Gasteiger partial charge in [0.2, 0.25) is 0 Å². The van der Waals surface area contributed by atoms with Crippen molar-refractivity contribution in [3.8, 4) is 11.1 Å². The molecular formula is C16H13BrF4. The summed E-state index contributed by atoms with van der Waals surface area (Å²) in [6, 6.07) is 9.02. The van der Waals surface area contributed by atoms with Crippen LogP contribution in [0.15, 0.2) is 36.4 Å². The molecule has 0 radical (unpaired) electrons. The minimum Gasteiger partial charge on any atom is -0.206 e. The second-order valence-electron chi connectivity index (χ2n) is 4.76. The lowest BCUT2D eigenvalue weighted by atomic mass is 10.0. The van der Waals surface area contributed by atoms with E-state index in [0.717, 1.165) is 30.5 Å². The third-order valence-electron chi connectivity index (χ3n) is 3.15. The molecule has 0 fully saturated rings. The molecule has 0 bridgehead atoms. The molecule has 2 rings (SSSR count). The van der Waals surface area contributed by atoms with Crippen molar-refractivity contribution in [2.24, 2.45) is 0 Å². The summed E-state index contributed by atoms with van der Waals surface area (Å²) in [5.41, 5.74) is 0.658. The number of alkyl halides is 3. The maximum atomic E-state index is 13.7. The molecule has 2 aromatic rings. The summed E-state index contributed by atoms with van der Waals surface area (Å²) in [5.74, 6) is -2.55. The molecule has 0 aromatic heterocycles. The minimum absolute atomic E-state index is 0.230. The van der Waals surface area contributed by atoms with Gasteiger partial charge in [0.05, 0.1) is 0 Å². The predicted octanol–water partition coefficient (Wildman–Crippen LogP) is 6.03. The maximum Gasteiger partial charge on any atom is 0.332 e. The van der Waals surface area contributed by atoms with Gasteiger partial charge in [-0.05, 0) is 51.2 Å². The summed E-state index contributed by atoms with van der Waals surface area (Å²) < 4.78 is 53.7. The van der Waals surface area contributed by atoms with E-state index in [4.69, 9.17) is 0 Å². The van der Waals surface area contributed by atoms with Gasteiger partial charge in [0.15, 0.2) is 0 Å². The summed E-state index contributed by atoms with van der Waals surface area (Å²) in [6.07, 6.45) is 1.91. The van der Waals surface area contributed by atoms with Crippen molar-refractivity contribution in [2.45, 2.75) is 24.6 Å². The Kier molecular flexibility index (Phi) is 4.71. The lowest BCUT2D eigenvalue weighted by Gasteiger charge is -2.13. The number of aryl methyl sites for hydroxylation is 1. The van der Waals surface area contributed by atoms with Crippen LogP contribution in [0.5, 0.6) is 0 Å². The molecule has 0 spiro atoms. The van der Waals surface area contributed by atoms with Crippen molar-refractivity contribution < 1.29 is 17.6 Å². The molecule has 5 heteroatoms. The summed E-state index contributed by atoms with van der Waals surface area (Å²) in [6.45, 7) is 2.05. The Bertz CT molecular complexity index is 607. The molecule has 0 atom stereocenters. The average molecular weight is 361 g/mol. The third-order valence-corrected chi connectivity index (χ3v) is 3.55. The van der Waals surface area contributed by atoms with Crippen molar-refractivity contribution in [2.75, 3.05) is 0 Å². The molecular weight excluding hydrogens is 348 g/mol. The van der Waals surface area contributed by atoms with Crippen LogP contribution >= 0.6 is 15.9 Å². The fourth-order valence-corrected chi connectivity index (χ4v) is 2.54. The van der Waals surface area contributed by atoms with E-state index in [1.807, 2.05) is 28.1 Å².